The molecule has 5 nitrogen and oxygen atoms in total. The number of nitrogens with one attached hydrogen (secondary N) is 1. The zero-order valence-corrected chi connectivity index (χ0v) is 12.6. The van der Waals surface area contributed by atoms with Crippen LogP contribution in [0.3, 0.4) is 0 Å². The standard InChI is InChI=1S/C12H14IN3O2/c1-6(2)4-8-10(13)12(17)16-11(15-8)9-5-18-7(3)14-9/h5-6H,4H2,1-3H3,(H,15,16,17). The van der Waals surface area contributed by atoms with Crippen LogP contribution in [0.25, 0.3) is 11.5 Å². The smallest absolute Gasteiger partial charge is 0.264 e. The van der Waals surface area contributed by atoms with E-state index in [9.17, 15) is 4.79 Å². The number of aromatic nitrogens is 3. The van der Waals surface area contributed by atoms with Crippen molar-refractivity contribution < 1.29 is 4.42 Å². The molecule has 0 unspecified atom stereocenters. The molecule has 0 bridgehead atoms. The van der Waals surface area contributed by atoms with E-state index in [2.05, 4.69) is 28.8 Å². The van der Waals surface area contributed by atoms with E-state index in [1.807, 2.05) is 22.6 Å². The van der Waals surface area contributed by atoms with Gasteiger partial charge in [-0.05, 0) is 34.9 Å². The monoisotopic (exact) mass is 359 g/mol. The van der Waals surface area contributed by atoms with Crippen LogP contribution >= 0.6 is 22.6 Å². The van der Waals surface area contributed by atoms with E-state index in [1.54, 1.807) is 6.92 Å². The van der Waals surface area contributed by atoms with Crippen LogP contribution in [0.1, 0.15) is 25.4 Å². The van der Waals surface area contributed by atoms with E-state index in [-0.39, 0.29) is 5.56 Å². The van der Waals surface area contributed by atoms with Crippen LogP contribution in [0.5, 0.6) is 0 Å². The van der Waals surface area contributed by atoms with Crippen LogP contribution in [-0.2, 0) is 6.42 Å². The Balaban J connectivity index is 2.50. The molecule has 2 heterocycles. The highest BCUT2D eigenvalue weighted by molar-refractivity contribution is 14.1. The van der Waals surface area contributed by atoms with Gasteiger partial charge in [0.15, 0.2) is 11.7 Å². The zero-order chi connectivity index (χ0) is 13.3. The van der Waals surface area contributed by atoms with Gasteiger partial charge in [-0.2, -0.15) is 0 Å². The van der Waals surface area contributed by atoms with Crippen molar-refractivity contribution in [2.45, 2.75) is 27.2 Å². The van der Waals surface area contributed by atoms with Gasteiger partial charge in [0.05, 0.1) is 9.26 Å². The summed E-state index contributed by atoms with van der Waals surface area (Å²) in [6.45, 7) is 5.95. The number of aromatic amines is 1. The van der Waals surface area contributed by atoms with Gasteiger partial charge in [0.2, 0.25) is 0 Å². The second kappa shape index (κ2) is 5.21. The topological polar surface area (TPSA) is 71.8 Å². The fourth-order valence-electron chi connectivity index (χ4n) is 1.62. The molecule has 0 aromatic carbocycles. The first kappa shape index (κ1) is 13.3. The van der Waals surface area contributed by atoms with Crippen LogP contribution in [0, 0.1) is 16.4 Å². The van der Waals surface area contributed by atoms with Crippen molar-refractivity contribution in [3.05, 3.63) is 31.8 Å². The molecule has 0 radical (unpaired) electrons. The fraction of sp³-hybridized carbons (Fsp3) is 0.417. The summed E-state index contributed by atoms with van der Waals surface area (Å²) in [5, 5.41) is 0. The Morgan fingerprint density at radius 2 is 2.17 bits per heavy atom. The van der Waals surface area contributed by atoms with Crippen LogP contribution in [0.2, 0.25) is 0 Å². The number of H-pyrrole nitrogens is 1. The first-order chi connectivity index (χ1) is 8.47. The quantitative estimate of drug-likeness (QED) is 0.855. The predicted octanol–water partition coefficient (Wildman–Crippen LogP) is 2.54. The first-order valence-electron chi connectivity index (χ1n) is 5.68. The van der Waals surface area contributed by atoms with Gasteiger partial charge < -0.3 is 9.40 Å². The number of hydrogen-bond donors (Lipinski definition) is 1. The van der Waals surface area contributed by atoms with Gasteiger partial charge in [-0.1, -0.05) is 13.8 Å². The minimum atomic E-state index is -0.128. The van der Waals surface area contributed by atoms with Crippen molar-refractivity contribution in [3.8, 4) is 11.5 Å². The number of nitrogens with zero attached hydrogens (tertiary/aromatic N) is 2. The Hall–Kier alpha value is -1.18. The van der Waals surface area contributed by atoms with E-state index < -0.39 is 0 Å². The molecule has 0 amide bonds. The maximum absolute atomic E-state index is 11.9. The highest BCUT2D eigenvalue weighted by Gasteiger charge is 2.13. The van der Waals surface area contributed by atoms with Gasteiger partial charge in [-0.25, -0.2) is 9.97 Å². The number of oxazole rings is 1. The molecule has 0 aliphatic rings. The molecule has 0 fully saturated rings. The molecule has 1 N–H and O–H groups in total. The van der Waals surface area contributed by atoms with E-state index >= 15 is 0 Å². The van der Waals surface area contributed by atoms with E-state index in [1.165, 1.54) is 6.26 Å². The molecule has 0 spiro atoms. The molecule has 0 aliphatic heterocycles. The lowest BCUT2D eigenvalue weighted by Crippen LogP contribution is -2.17. The van der Waals surface area contributed by atoms with Crippen molar-refractivity contribution in [2.75, 3.05) is 0 Å². The maximum Gasteiger partial charge on any atom is 0.264 e. The number of rotatable bonds is 3. The lowest BCUT2D eigenvalue weighted by Gasteiger charge is -2.07. The van der Waals surface area contributed by atoms with E-state index in [0.717, 1.165) is 12.1 Å². The predicted molar refractivity (Wildman–Crippen MR) is 76.4 cm³/mol. The minimum Gasteiger partial charge on any atom is -0.449 e. The minimum absolute atomic E-state index is 0.128. The lowest BCUT2D eigenvalue weighted by molar-refractivity contribution is 0.521. The number of hydrogen-bond acceptors (Lipinski definition) is 4. The molecule has 6 heteroatoms. The van der Waals surface area contributed by atoms with Crippen LogP contribution in [0.15, 0.2) is 15.5 Å². The average molecular weight is 359 g/mol. The van der Waals surface area contributed by atoms with Gasteiger partial charge in [0.1, 0.15) is 12.0 Å². The normalized spacial score (nSPS) is 11.2. The molecule has 0 saturated carbocycles. The summed E-state index contributed by atoms with van der Waals surface area (Å²) >= 11 is 2.03. The Bertz CT molecular complexity index is 616. The maximum atomic E-state index is 11.9. The van der Waals surface area contributed by atoms with Crippen molar-refractivity contribution in [1.29, 1.82) is 0 Å². The summed E-state index contributed by atoms with van der Waals surface area (Å²) in [5.74, 6) is 1.46. The fourth-order valence-corrected chi connectivity index (χ4v) is 2.10. The molecular weight excluding hydrogens is 345 g/mol. The van der Waals surface area contributed by atoms with Crippen molar-refractivity contribution >= 4 is 22.6 Å². The number of halogens is 1. The van der Waals surface area contributed by atoms with Crippen molar-refractivity contribution in [3.63, 3.8) is 0 Å². The molecule has 0 saturated heterocycles. The lowest BCUT2D eigenvalue weighted by atomic mass is 10.1. The summed E-state index contributed by atoms with van der Waals surface area (Å²) in [6.07, 6.45) is 2.27. The molecule has 2 aromatic rings. The number of aryl methyl sites for hydroxylation is 1. The van der Waals surface area contributed by atoms with Gasteiger partial charge in [-0.3, -0.25) is 4.79 Å². The van der Waals surface area contributed by atoms with Gasteiger partial charge in [-0.15, -0.1) is 0 Å². The van der Waals surface area contributed by atoms with E-state index in [0.29, 0.717) is 26.9 Å². The molecule has 0 aliphatic carbocycles. The molecular formula is C12H14IN3O2. The molecule has 2 rings (SSSR count). The summed E-state index contributed by atoms with van der Waals surface area (Å²) < 4.78 is 5.78. The molecule has 18 heavy (non-hydrogen) atoms. The van der Waals surface area contributed by atoms with E-state index in [4.69, 9.17) is 4.42 Å². The van der Waals surface area contributed by atoms with Crippen LogP contribution < -0.4 is 5.56 Å². The molecule has 0 atom stereocenters. The van der Waals surface area contributed by atoms with Crippen molar-refractivity contribution in [2.24, 2.45) is 5.92 Å². The average Bonchev–Trinajstić information content (AvgIpc) is 2.70. The first-order valence-corrected chi connectivity index (χ1v) is 6.76. The van der Waals surface area contributed by atoms with Gasteiger partial charge >= 0.3 is 0 Å². The molecule has 2 aromatic heterocycles. The Morgan fingerprint density at radius 3 is 2.72 bits per heavy atom. The van der Waals surface area contributed by atoms with Gasteiger partial charge in [0, 0.05) is 6.92 Å². The highest BCUT2D eigenvalue weighted by Crippen LogP contribution is 2.16. The third-order valence-electron chi connectivity index (χ3n) is 2.39. The van der Waals surface area contributed by atoms with Crippen LogP contribution in [-0.4, -0.2) is 15.0 Å². The van der Waals surface area contributed by atoms with Crippen molar-refractivity contribution in [1.82, 2.24) is 15.0 Å². The summed E-state index contributed by atoms with van der Waals surface area (Å²) in [7, 11) is 0. The highest BCUT2D eigenvalue weighted by atomic mass is 127. The third-order valence-corrected chi connectivity index (χ3v) is 3.51. The summed E-state index contributed by atoms with van der Waals surface area (Å²) in [4.78, 5) is 23.2. The Morgan fingerprint density at radius 1 is 1.44 bits per heavy atom. The van der Waals surface area contributed by atoms with Gasteiger partial charge in [0.25, 0.3) is 5.56 Å². The largest absolute Gasteiger partial charge is 0.449 e. The second-order valence-electron chi connectivity index (χ2n) is 4.52. The van der Waals surface area contributed by atoms with Crippen LogP contribution in [0.4, 0.5) is 0 Å². The SMILES string of the molecule is Cc1nc(-c2nc(CC(C)C)c(I)c(=O)[nH]2)co1. The Kier molecular flexibility index (Phi) is 3.84. The molecule has 96 valence electrons. The summed E-state index contributed by atoms with van der Waals surface area (Å²) in [6, 6.07) is 0. The third kappa shape index (κ3) is 2.80. The second-order valence-corrected chi connectivity index (χ2v) is 5.60. The Labute approximate surface area is 118 Å². The zero-order valence-electron chi connectivity index (χ0n) is 10.5. The summed E-state index contributed by atoms with van der Waals surface area (Å²) in [5.41, 5.74) is 1.24.